The first-order chi connectivity index (χ1) is 14.4. The van der Waals surface area contributed by atoms with Crippen molar-refractivity contribution >= 4 is 55.1 Å². The Morgan fingerprint density at radius 1 is 1.17 bits per heavy atom. The monoisotopic (exact) mass is 540 g/mol. The molecular formula is C21H22Br2N2O5. The highest BCUT2D eigenvalue weighted by Crippen LogP contribution is 2.33. The van der Waals surface area contributed by atoms with Crippen molar-refractivity contribution < 1.29 is 23.8 Å². The molecule has 1 heterocycles. The predicted molar refractivity (Wildman–Crippen MR) is 122 cm³/mol. The minimum Gasteiger partial charge on any atom is -0.482 e. The number of morpholine rings is 1. The molecule has 160 valence electrons. The minimum absolute atomic E-state index is 0.175. The summed E-state index contributed by atoms with van der Waals surface area (Å²) in [5.74, 6) is -0.199. The molecule has 1 fully saturated rings. The first-order valence-electron chi connectivity index (χ1n) is 9.32. The SMILES string of the molecule is COC(=O)c1ccc(N2CCOCC2)c(NC(=O)COc2c(C)cc(Br)cc2Br)c1. The summed E-state index contributed by atoms with van der Waals surface area (Å²) in [6, 6.07) is 8.88. The van der Waals surface area contributed by atoms with E-state index in [1.54, 1.807) is 12.1 Å². The standard InChI is InChI=1S/C21H22Br2N2O5/c1-13-9-15(22)11-16(23)20(13)30-12-19(26)24-17-10-14(21(27)28-2)3-4-18(17)25-5-7-29-8-6-25/h3-4,9-11H,5-8,12H2,1-2H3,(H,24,26). The second-order valence-corrected chi connectivity index (χ2v) is 8.46. The zero-order chi connectivity index (χ0) is 21.7. The molecule has 0 unspecified atom stereocenters. The number of aryl methyl sites for hydroxylation is 1. The summed E-state index contributed by atoms with van der Waals surface area (Å²) < 4.78 is 17.6. The van der Waals surface area contributed by atoms with E-state index in [4.69, 9.17) is 14.2 Å². The average Bonchev–Trinajstić information content (AvgIpc) is 2.73. The number of amides is 1. The fraction of sp³-hybridized carbons (Fsp3) is 0.333. The number of benzene rings is 2. The van der Waals surface area contributed by atoms with Gasteiger partial charge in [-0.2, -0.15) is 0 Å². The van der Waals surface area contributed by atoms with Gasteiger partial charge in [0.25, 0.3) is 5.91 Å². The third kappa shape index (κ3) is 5.53. The van der Waals surface area contributed by atoms with Crippen molar-refractivity contribution in [3.05, 3.63) is 50.4 Å². The normalized spacial score (nSPS) is 13.7. The van der Waals surface area contributed by atoms with Gasteiger partial charge in [-0.05, 0) is 58.7 Å². The van der Waals surface area contributed by atoms with Crippen molar-refractivity contribution in [3.63, 3.8) is 0 Å². The number of methoxy groups -OCH3 is 1. The van der Waals surface area contributed by atoms with Gasteiger partial charge in [0.2, 0.25) is 0 Å². The molecule has 0 aromatic heterocycles. The molecule has 3 rings (SSSR count). The van der Waals surface area contributed by atoms with Crippen LogP contribution in [0.4, 0.5) is 11.4 Å². The molecule has 2 aromatic carbocycles. The van der Waals surface area contributed by atoms with E-state index in [0.29, 0.717) is 43.3 Å². The van der Waals surface area contributed by atoms with Crippen LogP contribution in [0.15, 0.2) is 39.3 Å². The summed E-state index contributed by atoms with van der Waals surface area (Å²) in [6.45, 7) is 4.33. The lowest BCUT2D eigenvalue weighted by Crippen LogP contribution is -2.37. The number of hydrogen-bond acceptors (Lipinski definition) is 6. The van der Waals surface area contributed by atoms with Crippen LogP contribution in [-0.2, 0) is 14.3 Å². The molecule has 30 heavy (non-hydrogen) atoms. The van der Waals surface area contributed by atoms with Gasteiger partial charge in [-0.3, -0.25) is 4.79 Å². The molecule has 0 radical (unpaired) electrons. The lowest BCUT2D eigenvalue weighted by molar-refractivity contribution is -0.118. The van der Waals surface area contributed by atoms with Crippen LogP contribution >= 0.6 is 31.9 Å². The molecule has 9 heteroatoms. The molecule has 0 saturated carbocycles. The van der Waals surface area contributed by atoms with Crippen LogP contribution in [0.1, 0.15) is 15.9 Å². The first-order valence-corrected chi connectivity index (χ1v) is 10.9. The zero-order valence-electron chi connectivity index (χ0n) is 16.7. The van der Waals surface area contributed by atoms with Gasteiger partial charge in [0, 0.05) is 17.6 Å². The topological polar surface area (TPSA) is 77.1 Å². The Bertz CT molecular complexity index is 922. The van der Waals surface area contributed by atoms with Crippen LogP contribution in [-0.4, -0.2) is 51.9 Å². The van der Waals surface area contributed by atoms with Crippen LogP contribution in [0, 0.1) is 6.92 Å². The molecule has 7 nitrogen and oxygen atoms in total. The smallest absolute Gasteiger partial charge is 0.337 e. The van der Waals surface area contributed by atoms with Crippen molar-refractivity contribution in [1.29, 1.82) is 0 Å². The lowest BCUT2D eigenvalue weighted by Gasteiger charge is -2.30. The molecule has 2 aromatic rings. The van der Waals surface area contributed by atoms with E-state index in [2.05, 4.69) is 42.1 Å². The Kier molecular flexibility index (Phi) is 7.74. The summed E-state index contributed by atoms with van der Waals surface area (Å²) in [7, 11) is 1.32. The Morgan fingerprint density at radius 3 is 2.57 bits per heavy atom. The van der Waals surface area contributed by atoms with Gasteiger partial charge < -0.3 is 24.4 Å². The van der Waals surface area contributed by atoms with Crippen LogP contribution in [0.2, 0.25) is 0 Å². The number of esters is 1. The molecule has 0 atom stereocenters. The number of carbonyl (C=O) groups is 2. The average molecular weight is 542 g/mol. The highest BCUT2D eigenvalue weighted by Gasteiger charge is 2.19. The minimum atomic E-state index is -0.468. The van der Waals surface area contributed by atoms with E-state index in [9.17, 15) is 9.59 Å². The van der Waals surface area contributed by atoms with Crippen molar-refractivity contribution in [1.82, 2.24) is 0 Å². The molecule has 1 aliphatic rings. The number of nitrogens with zero attached hydrogens (tertiary/aromatic N) is 1. The maximum atomic E-state index is 12.6. The number of ether oxygens (including phenoxy) is 3. The van der Waals surface area contributed by atoms with Gasteiger partial charge in [0.05, 0.1) is 41.7 Å². The van der Waals surface area contributed by atoms with E-state index in [1.807, 2.05) is 25.1 Å². The molecule has 0 bridgehead atoms. The number of anilines is 2. The van der Waals surface area contributed by atoms with Crippen LogP contribution < -0.4 is 15.0 Å². The van der Waals surface area contributed by atoms with Crippen LogP contribution in [0.5, 0.6) is 5.75 Å². The van der Waals surface area contributed by atoms with E-state index in [1.165, 1.54) is 7.11 Å². The van der Waals surface area contributed by atoms with Gasteiger partial charge in [0.15, 0.2) is 6.61 Å². The summed E-state index contributed by atoms with van der Waals surface area (Å²) in [5, 5.41) is 2.87. The van der Waals surface area contributed by atoms with Gasteiger partial charge in [-0.25, -0.2) is 4.79 Å². The summed E-state index contributed by atoms with van der Waals surface area (Å²) in [4.78, 5) is 26.7. The third-order valence-corrected chi connectivity index (χ3v) is 5.63. The maximum Gasteiger partial charge on any atom is 0.337 e. The van der Waals surface area contributed by atoms with Crippen molar-refractivity contribution in [2.24, 2.45) is 0 Å². The largest absolute Gasteiger partial charge is 0.482 e. The van der Waals surface area contributed by atoms with E-state index < -0.39 is 5.97 Å². The Hall–Kier alpha value is -2.10. The summed E-state index contributed by atoms with van der Waals surface area (Å²) in [6.07, 6.45) is 0. The van der Waals surface area contributed by atoms with Crippen molar-refractivity contribution in [3.8, 4) is 5.75 Å². The fourth-order valence-corrected chi connectivity index (χ4v) is 4.71. The van der Waals surface area contributed by atoms with Gasteiger partial charge in [-0.15, -0.1) is 0 Å². The number of nitrogens with one attached hydrogen (secondary N) is 1. The first kappa shape index (κ1) is 22.6. The lowest BCUT2D eigenvalue weighted by atomic mass is 10.1. The van der Waals surface area contributed by atoms with Crippen LogP contribution in [0.25, 0.3) is 0 Å². The van der Waals surface area contributed by atoms with Crippen molar-refractivity contribution in [2.45, 2.75) is 6.92 Å². The number of halogens is 2. The highest BCUT2D eigenvalue weighted by molar-refractivity contribution is 9.11. The zero-order valence-corrected chi connectivity index (χ0v) is 19.8. The molecular weight excluding hydrogens is 520 g/mol. The van der Waals surface area contributed by atoms with E-state index in [0.717, 1.165) is 20.2 Å². The molecule has 0 aliphatic carbocycles. The van der Waals surface area contributed by atoms with E-state index >= 15 is 0 Å². The Balaban J connectivity index is 1.77. The van der Waals surface area contributed by atoms with Crippen molar-refractivity contribution in [2.75, 3.05) is 50.2 Å². The molecule has 1 amide bonds. The summed E-state index contributed by atoms with van der Waals surface area (Å²) in [5.41, 5.74) is 2.60. The second kappa shape index (κ2) is 10.3. The number of hydrogen-bond donors (Lipinski definition) is 1. The van der Waals surface area contributed by atoms with E-state index in [-0.39, 0.29) is 12.5 Å². The van der Waals surface area contributed by atoms with Gasteiger partial charge in [0.1, 0.15) is 5.75 Å². The predicted octanol–water partition coefficient (Wildman–Crippen LogP) is 4.16. The maximum absolute atomic E-state index is 12.6. The van der Waals surface area contributed by atoms with Crippen LogP contribution in [0.3, 0.4) is 0 Å². The Morgan fingerprint density at radius 2 is 1.90 bits per heavy atom. The van der Waals surface area contributed by atoms with Gasteiger partial charge >= 0.3 is 5.97 Å². The molecule has 1 aliphatic heterocycles. The molecule has 1 N–H and O–H groups in total. The third-order valence-electron chi connectivity index (χ3n) is 4.59. The molecule has 0 spiro atoms. The molecule has 1 saturated heterocycles. The fourth-order valence-electron chi connectivity index (χ4n) is 3.16. The van der Waals surface area contributed by atoms with Gasteiger partial charge in [-0.1, -0.05) is 15.9 Å². The highest BCUT2D eigenvalue weighted by atomic mass is 79.9. The number of carbonyl (C=O) groups excluding carboxylic acids is 2. The second-order valence-electron chi connectivity index (χ2n) is 6.69. The Labute approximate surface area is 191 Å². The summed E-state index contributed by atoms with van der Waals surface area (Å²) >= 11 is 6.88. The number of rotatable bonds is 6. The quantitative estimate of drug-likeness (QED) is 0.553.